The quantitative estimate of drug-likeness (QED) is 0.879. The fourth-order valence-corrected chi connectivity index (χ4v) is 2.29. The molecule has 1 N–H and O–H groups in total. The zero-order valence-electron chi connectivity index (χ0n) is 12.6. The second kappa shape index (κ2) is 6.48. The number of methoxy groups -OCH3 is 1. The SMILES string of the molecule is CNCc1cc(CN(C)c2ccccc2OC)c(C)o1. The molecule has 0 atom stereocenters. The van der Waals surface area contributed by atoms with Gasteiger partial charge in [-0.25, -0.2) is 0 Å². The number of rotatable bonds is 6. The summed E-state index contributed by atoms with van der Waals surface area (Å²) < 4.78 is 11.1. The van der Waals surface area contributed by atoms with E-state index in [2.05, 4.69) is 29.4 Å². The molecule has 2 rings (SSSR count). The highest BCUT2D eigenvalue weighted by Gasteiger charge is 2.12. The molecule has 0 aliphatic carbocycles. The van der Waals surface area contributed by atoms with Gasteiger partial charge in [0.25, 0.3) is 0 Å². The first-order valence-electron chi connectivity index (χ1n) is 6.72. The smallest absolute Gasteiger partial charge is 0.142 e. The third-order valence-corrected chi connectivity index (χ3v) is 3.33. The highest BCUT2D eigenvalue weighted by atomic mass is 16.5. The summed E-state index contributed by atoms with van der Waals surface area (Å²) in [6, 6.07) is 10.1. The highest BCUT2D eigenvalue weighted by Crippen LogP contribution is 2.28. The molecule has 0 aliphatic heterocycles. The number of aryl methyl sites for hydroxylation is 1. The lowest BCUT2D eigenvalue weighted by atomic mass is 10.2. The van der Waals surface area contributed by atoms with Crippen LogP contribution in [0.4, 0.5) is 5.69 Å². The van der Waals surface area contributed by atoms with Gasteiger partial charge in [-0.2, -0.15) is 0 Å². The van der Waals surface area contributed by atoms with Crippen LogP contribution in [0.5, 0.6) is 5.75 Å². The van der Waals surface area contributed by atoms with Gasteiger partial charge in [-0.15, -0.1) is 0 Å². The average molecular weight is 274 g/mol. The minimum absolute atomic E-state index is 0.749. The lowest BCUT2D eigenvalue weighted by Gasteiger charge is -2.21. The van der Waals surface area contributed by atoms with Crippen LogP contribution in [-0.2, 0) is 13.1 Å². The van der Waals surface area contributed by atoms with E-state index in [1.807, 2.05) is 32.2 Å². The van der Waals surface area contributed by atoms with Gasteiger partial charge in [-0.3, -0.25) is 0 Å². The molecule has 108 valence electrons. The normalized spacial score (nSPS) is 10.6. The van der Waals surface area contributed by atoms with Crippen molar-refractivity contribution in [2.24, 2.45) is 0 Å². The maximum atomic E-state index is 5.73. The Kier molecular flexibility index (Phi) is 4.69. The minimum Gasteiger partial charge on any atom is -0.495 e. The number of furan rings is 1. The largest absolute Gasteiger partial charge is 0.495 e. The summed E-state index contributed by atoms with van der Waals surface area (Å²) in [6.07, 6.45) is 0. The monoisotopic (exact) mass is 274 g/mol. The predicted octanol–water partition coefficient (Wildman–Crippen LogP) is 2.95. The van der Waals surface area contributed by atoms with E-state index in [-0.39, 0.29) is 0 Å². The summed E-state index contributed by atoms with van der Waals surface area (Å²) in [5, 5.41) is 3.10. The zero-order valence-corrected chi connectivity index (χ0v) is 12.6. The van der Waals surface area contributed by atoms with Crippen LogP contribution >= 0.6 is 0 Å². The molecule has 0 fully saturated rings. The van der Waals surface area contributed by atoms with Gasteiger partial charge in [0.05, 0.1) is 19.3 Å². The van der Waals surface area contributed by atoms with E-state index in [4.69, 9.17) is 9.15 Å². The van der Waals surface area contributed by atoms with Crippen LogP contribution in [-0.4, -0.2) is 21.2 Å². The van der Waals surface area contributed by atoms with Crippen molar-refractivity contribution in [1.82, 2.24) is 5.32 Å². The molecule has 0 saturated carbocycles. The van der Waals surface area contributed by atoms with Gasteiger partial charge < -0.3 is 19.4 Å². The molecule has 0 bridgehead atoms. The molecule has 20 heavy (non-hydrogen) atoms. The molecule has 0 unspecified atom stereocenters. The molecular weight excluding hydrogens is 252 g/mol. The lowest BCUT2D eigenvalue weighted by molar-refractivity contribution is 0.414. The topological polar surface area (TPSA) is 37.6 Å². The van der Waals surface area contributed by atoms with Crippen molar-refractivity contribution in [3.8, 4) is 5.75 Å². The summed E-state index contributed by atoms with van der Waals surface area (Å²) in [5.41, 5.74) is 2.27. The summed E-state index contributed by atoms with van der Waals surface area (Å²) in [6.45, 7) is 3.54. The van der Waals surface area contributed by atoms with Crippen LogP contribution in [0.15, 0.2) is 34.7 Å². The van der Waals surface area contributed by atoms with Crippen molar-refractivity contribution in [2.45, 2.75) is 20.0 Å². The lowest BCUT2D eigenvalue weighted by Crippen LogP contribution is -2.17. The maximum Gasteiger partial charge on any atom is 0.142 e. The second-order valence-electron chi connectivity index (χ2n) is 4.85. The van der Waals surface area contributed by atoms with Gasteiger partial charge >= 0.3 is 0 Å². The van der Waals surface area contributed by atoms with Gasteiger partial charge in [-0.1, -0.05) is 12.1 Å². The molecule has 0 radical (unpaired) electrons. The first-order valence-corrected chi connectivity index (χ1v) is 6.72. The van der Waals surface area contributed by atoms with E-state index in [9.17, 15) is 0 Å². The number of ether oxygens (including phenoxy) is 1. The van der Waals surface area contributed by atoms with E-state index in [1.165, 1.54) is 5.56 Å². The van der Waals surface area contributed by atoms with Gasteiger partial charge in [-0.05, 0) is 32.2 Å². The van der Waals surface area contributed by atoms with E-state index in [0.29, 0.717) is 0 Å². The van der Waals surface area contributed by atoms with Crippen LogP contribution in [0.1, 0.15) is 17.1 Å². The summed E-state index contributed by atoms with van der Waals surface area (Å²) in [4.78, 5) is 2.17. The molecule has 1 aromatic heterocycles. The van der Waals surface area contributed by atoms with Crippen molar-refractivity contribution in [3.63, 3.8) is 0 Å². The fraction of sp³-hybridized carbons (Fsp3) is 0.375. The molecule has 1 heterocycles. The van der Waals surface area contributed by atoms with Crippen molar-refractivity contribution in [2.75, 3.05) is 26.1 Å². The molecular formula is C16H22N2O2. The summed E-state index contributed by atoms with van der Waals surface area (Å²) in [5.74, 6) is 2.82. The Morgan fingerprint density at radius 1 is 1.30 bits per heavy atom. The molecule has 0 amide bonds. The van der Waals surface area contributed by atoms with E-state index in [0.717, 1.165) is 36.0 Å². The number of nitrogens with one attached hydrogen (secondary N) is 1. The first-order chi connectivity index (χ1) is 9.65. The van der Waals surface area contributed by atoms with Crippen LogP contribution < -0.4 is 15.0 Å². The Labute approximate surface area is 120 Å². The number of benzene rings is 1. The summed E-state index contributed by atoms with van der Waals surface area (Å²) in [7, 11) is 5.67. The van der Waals surface area contributed by atoms with Crippen LogP contribution in [0.2, 0.25) is 0 Å². The standard InChI is InChI=1S/C16H22N2O2/c1-12-13(9-14(20-12)10-17-2)11-18(3)15-7-5-6-8-16(15)19-4/h5-9,17H,10-11H2,1-4H3. The van der Waals surface area contributed by atoms with Crippen LogP contribution in [0, 0.1) is 6.92 Å². The molecule has 1 aromatic carbocycles. The molecule has 2 aromatic rings. The number of hydrogen-bond donors (Lipinski definition) is 1. The highest BCUT2D eigenvalue weighted by molar-refractivity contribution is 5.58. The number of nitrogens with zero attached hydrogens (tertiary/aromatic N) is 1. The molecule has 0 aliphatic rings. The van der Waals surface area contributed by atoms with Gasteiger partial charge in [0, 0.05) is 19.2 Å². The number of anilines is 1. The molecule has 0 saturated heterocycles. The molecule has 0 spiro atoms. The van der Waals surface area contributed by atoms with Crippen LogP contribution in [0.3, 0.4) is 0 Å². The Hall–Kier alpha value is -1.94. The third kappa shape index (κ3) is 3.14. The third-order valence-electron chi connectivity index (χ3n) is 3.33. The summed E-state index contributed by atoms with van der Waals surface area (Å²) >= 11 is 0. The van der Waals surface area contributed by atoms with Crippen molar-refractivity contribution >= 4 is 5.69 Å². The number of para-hydroxylation sites is 2. The van der Waals surface area contributed by atoms with E-state index < -0.39 is 0 Å². The van der Waals surface area contributed by atoms with Gasteiger partial charge in [0.1, 0.15) is 17.3 Å². The van der Waals surface area contributed by atoms with Crippen LogP contribution in [0.25, 0.3) is 0 Å². The Bertz CT molecular complexity index is 563. The maximum absolute atomic E-state index is 5.73. The zero-order chi connectivity index (χ0) is 14.5. The molecule has 4 heteroatoms. The number of hydrogen-bond acceptors (Lipinski definition) is 4. The van der Waals surface area contributed by atoms with Gasteiger partial charge in [0.15, 0.2) is 0 Å². The Morgan fingerprint density at radius 3 is 2.75 bits per heavy atom. The second-order valence-corrected chi connectivity index (χ2v) is 4.85. The first kappa shape index (κ1) is 14.5. The molecule has 4 nitrogen and oxygen atoms in total. The Morgan fingerprint density at radius 2 is 2.05 bits per heavy atom. The average Bonchev–Trinajstić information content (AvgIpc) is 2.79. The van der Waals surface area contributed by atoms with E-state index in [1.54, 1.807) is 7.11 Å². The van der Waals surface area contributed by atoms with Gasteiger partial charge in [0.2, 0.25) is 0 Å². The Balaban J connectivity index is 2.16. The minimum atomic E-state index is 0.749. The van der Waals surface area contributed by atoms with Crippen molar-refractivity contribution in [1.29, 1.82) is 0 Å². The van der Waals surface area contributed by atoms with Crippen molar-refractivity contribution in [3.05, 3.63) is 47.4 Å². The predicted molar refractivity (Wildman–Crippen MR) is 81.3 cm³/mol. The van der Waals surface area contributed by atoms with E-state index >= 15 is 0 Å². The van der Waals surface area contributed by atoms with Crippen molar-refractivity contribution < 1.29 is 9.15 Å². The fourth-order valence-electron chi connectivity index (χ4n) is 2.29.